The molecule has 0 aliphatic carbocycles. The second-order valence-corrected chi connectivity index (χ2v) is 5.35. The molecule has 2 atom stereocenters. The van der Waals surface area contributed by atoms with Gasteiger partial charge in [-0.1, -0.05) is 6.07 Å². The Morgan fingerprint density at radius 2 is 2.35 bits per heavy atom. The van der Waals surface area contributed by atoms with Gasteiger partial charge in [0.2, 0.25) is 0 Å². The fourth-order valence-electron chi connectivity index (χ4n) is 3.28. The van der Waals surface area contributed by atoms with Gasteiger partial charge in [-0.25, -0.2) is 0 Å². The monoisotopic (exact) mass is 274 g/mol. The zero-order valence-electron chi connectivity index (χ0n) is 10.8. The van der Waals surface area contributed by atoms with Crippen LogP contribution in [0, 0.1) is 16.0 Å². The third-order valence-corrected chi connectivity index (χ3v) is 4.27. The molecule has 7 nitrogen and oxygen atoms in total. The summed E-state index contributed by atoms with van der Waals surface area (Å²) in [4.78, 5) is 17.1. The molecule has 4 rings (SSSR count). The van der Waals surface area contributed by atoms with Crippen LogP contribution in [-0.2, 0) is 0 Å². The minimum absolute atomic E-state index is 0.00204. The molecular weight excluding hydrogens is 260 g/mol. The first-order chi connectivity index (χ1) is 9.74. The molecule has 0 bridgehead atoms. The number of nitro benzene ring substituents is 1. The second kappa shape index (κ2) is 4.17. The number of benzene rings is 1. The molecule has 2 aliphatic heterocycles. The van der Waals surface area contributed by atoms with Gasteiger partial charge in [0.25, 0.3) is 11.7 Å². The van der Waals surface area contributed by atoms with Gasteiger partial charge in [0.15, 0.2) is 11.1 Å². The van der Waals surface area contributed by atoms with Crippen molar-refractivity contribution >= 4 is 22.8 Å². The van der Waals surface area contributed by atoms with E-state index in [2.05, 4.69) is 15.2 Å². The van der Waals surface area contributed by atoms with Crippen molar-refractivity contribution in [1.82, 2.24) is 10.3 Å². The van der Waals surface area contributed by atoms with Crippen molar-refractivity contribution in [3.8, 4) is 0 Å². The molecular formula is C13H14N4O3. The van der Waals surface area contributed by atoms with Crippen molar-refractivity contribution in [1.29, 1.82) is 0 Å². The van der Waals surface area contributed by atoms with Gasteiger partial charge in [-0.15, -0.1) is 0 Å². The van der Waals surface area contributed by atoms with E-state index in [1.54, 1.807) is 12.1 Å². The van der Waals surface area contributed by atoms with E-state index in [1.165, 1.54) is 6.07 Å². The number of nitrogens with zero attached hydrogens (tertiary/aromatic N) is 3. The number of nitro groups is 1. The number of aromatic nitrogens is 1. The van der Waals surface area contributed by atoms with Crippen molar-refractivity contribution < 1.29 is 9.34 Å². The van der Waals surface area contributed by atoms with Crippen LogP contribution < -0.4 is 10.2 Å². The lowest BCUT2D eigenvalue weighted by Gasteiger charge is -2.20. The maximum atomic E-state index is 11.0. The Balaban J connectivity index is 1.78. The molecule has 1 aromatic carbocycles. The van der Waals surface area contributed by atoms with Crippen molar-refractivity contribution in [2.75, 3.05) is 24.5 Å². The number of oxazole rings is 1. The number of anilines is 1. The highest BCUT2D eigenvalue weighted by atomic mass is 16.6. The largest absolute Gasteiger partial charge is 0.423 e. The smallest absolute Gasteiger partial charge is 0.298 e. The number of fused-ring (bicyclic) bond motifs is 2. The normalized spacial score (nSPS) is 25.3. The van der Waals surface area contributed by atoms with E-state index in [9.17, 15) is 10.1 Å². The highest BCUT2D eigenvalue weighted by Crippen LogP contribution is 2.35. The van der Waals surface area contributed by atoms with Crippen molar-refractivity contribution in [3.63, 3.8) is 0 Å². The first-order valence-electron chi connectivity index (χ1n) is 6.75. The Hall–Kier alpha value is -2.15. The maximum absolute atomic E-state index is 11.0. The fraction of sp³-hybridized carbons (Fsp3) is 0.462. The van der Waals surface area contributed by atoms with Crippen LogP contribution in [0.25, 0.3) is 11.1 Å². The SMILES string of the molecule is O=[N+]([O-])c1cccc2oc(N3CC[C@H]4CNC[C@H]43)nc12. The summed E-state index contributed by atoms with van der Waals surface area (Å²) in [6.07, 6.45) is 1.11. The van der Waals surface area contributed by atoms with Crippen molar-refractivity contribution in [2.45, 2.75) is 12.5 Å². The molecule has 0 radical (unpaired) electrons. The standard InChI is InChI=1S/C13H14N4O3/c18-17(19)9-2-1-3-11-12(9)15-13(20-11)16-5-4-8-6-14-7-10(8)16/h1-3,8,10,14H,4-7H2/t8-,10+/m0/s1. The second-order valence-electron chi connectivity index (χ2n) is 5.35. The summed E-state index contributed by atoms with van der Waals surface area (Å²) in [5, 5.41) is 14.4. The van der Waals surface area contributed by atoms with Crippen molar-refractivity contribution in [3.05, 3.63) is 28.3 Å². The van der Waals surface area contributed by atoms with Crippen LogP contribution in [0.4, 0.5) is 11.7 Å². The van der Waals surface area contributed by atoms with Crippen LogP contribution in [0.1, 0.15) is 6.42 Å². The summed E-state index contributed by atoms with van der Waals surface area (Å²) >= 11 is 0. The number of para-hydroxylation sites is 1. The zero-order valence-corrected chi connectivity index (χ0v) is 10.8. The highest BCUT2D eigenvalue weighted by molar-refractivity contribution is 5.84. The third kappa shape index (κ3) is 1.59. The summed E-state index contributed by atoms with van der Waals surface area (Å²) in [5.74, 6) is 0.625. The molecule has 3 heterocycles. The molecule has 2 fully saturated rings. The summed E-state index contributed by atoms with van der Waals surface area (Å²) in [7, 11) is 0. The first kappa shape index (κ1) is 11.7. The average molecular weight is 274 g/mol. The van der Waals surface area contributed by atoms with E-state index in [-0.39, 0.29) is 5.69 Å². The number of nitrogens with one attached hydrogen (secondary N) is 1. The van der Waals surface area contributed by atoms with E-state index >= 15 is 0 Å². The van der Waals surface area contributed by atoms with Crippen LogP contribution in [0.15, 0.2) is 22.6 Å². The zero-order chi connectivity index (χ0) is 13.7. The van der Waals surface area contributed by atoms with Gasteiger partial charge in [0.1, 0.15) is 0 Å². The Labute approximate surface area is 114 Å². The predicted octanol–water partition coefficient (Wildman–Crippen LogP) is 1.53. The molecule has 2 saturated heterocycles. The van der Waals surface area contributed by atoms with E-state index in [0.29, 0.717) is 29.1 Å². The third-order valence-electron chi connectivity index (χ3n) is 4.27. The van der Waals surface area contributed by atoms with E-state index in [0.717, 1.165) is 26.1 Å². The first-order valence-corrected chi connectivity index (χ1v) is 6.75. The summed E-state index contributed by atoms with van der Waals surface area (Å²) in [5.41, 5.74) is 0.809. The Bertz CT molecular complexity index is 683. The molecule has 1 N–H and O–H groups in total. The Kier molecular flexibility index (Phi) is 2.43. The number of hydrogen-bond donors (Lipinski definition) is 1. The van der Waals surface area contributed by atoms with Gasteiger partial charge in [0, 0.05) is 31.7 Å². The van der Waals surface area contributed by atoms with Gasteiger partial charge in [0.05, 0.1) is 4.92 Å². The minimum Gasteiger partial charge on any atom is -0.423 e. The maximum Gasteiger partial charge on any atom is 0.298 e. The lowest BCUT2D eigenvalue weighted by molar-refractivity contribution is -0.383. The number of non-ortho nitro benzene ring substituents is 1. The van der Waals surface area contributed by atoms with E-state index < -0.39 is 4.92 Å². The van der Waals surface area contributed by atoms with Gasteiger partial charge in [-0.05, 0) is 18.4 Å². The van der Waals surface area contributed by atoms with Crippen molar-refractivity contribution in [2.24, 2.45) is 5.92 Å². The van der Waals surface area contributed by atoms with Gasteiger partial charge in [-0.3, -0.25) is 10.1 Å². The molecule has 0 spiro atoms. The van der Waals surface area contributed by atoms with Crippen LogP contribution >= 0.6 is 0 Å². The average Bonchev–Trinajstić information content (AvgIpc) is 3.11. The highest BCUT2D eigenvalue weighted by Gasteiger charge is 2.39. The molecule has 7 heteroatoms. The van der Waals surface area contributed by atoms with Gasteiger partial charge >= 0.3 is 0 Å². The van der Waals surface area contributed by atoms with Crippen LogP contribution in [0.2, 0.25) is 0 Å². The van der Waals surface area contributed by atoms with Crippen LogP contribution in [-0.4, -0.2) is 35.6 Å². The van der Waals surface area contributed by atoms with Gasteiger partial charge in [-0.2, -0.15) is 4.98 Å². The molecule has 104 valence electrons. The van der Waals surface area contributed by atoms with E-state index in [4.69, 9.17) is 4.42 Å². The topological polar surface area (TPSA) is 84.4 Å². The van der Waals surface area contributed by atoms with Crippen LogP contribution in [0.5, 0.6) is 0 Å². The quantitative estimate of drug-likeness (QED) is 0.660. The fourth-order valence-corrected chi connectivity index (χ4v) is 3.28. The van der Waals surface area contributed by atoms with Gasteiger partial charge < -0.3 is 14.6 Å². The lowest BCUT2D eigenvalue weighted by atomic mass is 10.1. The molecule has 2 aromatic rings. The minimum atomic E-state index is -0.418. The molecule has 0 unspecified atom stereocenters. The Morgan fingerprint density at radius 1 is 1.45 bits per heavy atom. The summed E-state index contributed by atoms with van der Waals surface area (Å²) in [6, 6.07) is 5.70. The summed E-state index contributed by atoms with van der Waals surface area (Å²) in [6.45, 7) is 2.85. The van der Waals surface area contributed by atoms with Crippen LogP contribution in [0.3, 0.4) is 0 Å². The molecule has 0 amide bonds. The molecule has 20 heavy (non-hydrogen) atoms. The van der Waals surface area contributed by atoms with E-state index in [1.807, 2.05) is 0 Å². The molecule has 0 saturated carbocycles. The predicted molar refractivity (Wildman–Crippen MR) is 72.8 cm³/mol. The number of rotatable bonds is 2. The Morgan fingerprint density at radius 3 is 3.20 bits per heavy atom. The molecule has 2 aliphatic rings. The lowest BCUT2D eigenvalue weighted by Crippen LogP contribution is -2.34. The molecule has 1 aromatic heterocycles. The summed E-state index contributed by atoms with van der Waals surface area (Å²) < 4.78 is 5.73. The number of hydrogen-bond acceptors (Lipinski definition) is 6.